The summed E-state index contributed by atoms with van der Waals surface area (Å²) in [5.74, 6) is -1.20. The molecule has 0 aromatic heterocycles. The lowest BCUT2D eigenvalue weighted by Gasteiger charge is -2.19. The van der Waals surface area contributed by atoms with Gasteiger partial charge in [0.2, 0.25) is 0 Å². The van der Waals surface area contributed by atoms with E-state index in [-0.39, 0.29) is 5.75 Å². The minimum Gasteiger partial charge on any atom is -0.508 e. The van der Waals surface area contributed by atoms with Gasteiger partial charge in [0.25, 0.3) is 0 Å². The number of hydrogen-bond donors (Lipinski definition) is 3. The van der Waals surface area contributed by atoms with Crippen LogP contribution >= 0.6 is 0 Å². The maximum atomic E-state index is 12.0. The van der Waals surface area contributed by atoms with Crippen molar-refractivity contribution < 1.29 is 24.5 Å². The van der Waals surface area contributed by atoms with Gasteiger partial charge in [-0.2, -0.15) is 0 Å². The fraction of sp³-hybridized carbons (Fsp3) is 0.333. The maximum Gasteiger partial charge on any atom is 0.338 e. The maximum absolute atomic E-state index is 12.0. The first-order valence-electron chi connectivity index (χ1n) is 8.70. The molecule has 0 bridgehead atoms. The van der Waals surface area contributed by atoms with E-state index in [1.54, 1.807) is 36.4 Å². The first kappa shape index (κ1) is 20.5. The highest BCUT2D eigenvalue weighted by atomic mass is 16.6. The van der Waals surface area contributed by atoms with E-state index < -0.39 is 23.6 Å². The van der Waals surface area contributed by atoms with Crippen LogP contribution in [-0.4, -0.2) is 33.8 Å². The Morgan fingerprint density at radius 2 is 1.56 bits per heavy atom. The second kappa shape index (κ2) is 8.68. The average molecular weight is 371 g/mol. The zero-order valence-electron chi connectivity index (χ0n) is 15.7. The van der Waals surface area contributed by atoms with Crippen LogP contribution in [0.3, 0.4) is 0 Å². The summed E-state index contributed by atoms with van der Waals surface area (Å²) in [7, 11) is 0. The Morgan fingerprint density at radius 1 is 1.00 bits per heavy atom. The van der Waals surface area contributed by atoms with Crippen LogP contribution in [0.25, 0.3) is 0 Å². The van der Waals surface area contributed by atoms with Crippen molar-refractivity contribution in [2.45, 2.75) is 45.4 Å². The number of ether oxygens (including phenoxy) is 1. The molecule has 2 aromatic carbocycles. The van der Waals surface area contributed by atoms with Crippen molar-refractivity contribution in [3.8, 4) is 5.75 Å². The van der Waals surface area contributed by atoms with Crippen LogP contribution in [0.15, 0.2) is 48.5 Å². The first-order chi connectivity index (χ1) is 12.6. The molecule has 1 unspecified atom stereocenters. The van der Waals surface area contributed by atoms with Crippen molar-refractivity contribution in [1.29, 1.82) is 0 Å². The predicted octanol–water partition coefficient (Wildman–Crippen LogP) is 3.13. The number of carbonyl (C=O) groups is 2. The number of carboxylic acid groups (broad SMARTS) is 1. The lowest BCUT2D eigenvalue weighted by atomic mass is 10.1. The zero-order chi connectivity index (χ0) is 20.0. The van der Waals surface area contributed by atoms with E-state index in [4.69, 9.17) is 4.74 Å². The van der Waals surface area contributed by atoms with Crippen LogP contribution in [-0.2, 0) is 22.5 Å². The van der Waals surface area contributed by atoms with Gasteiger partial charge in [0, 0.05) is 6.54 Å². The second-order valence-electron chi connectivity index (χ2n) is 7.34. The van der Waals surface area contributed by atoms with Gasteiger partial charge in [-0.15, -0.1) is 0 Å². The van der Waals surface area contributed by atoms with E-state index in [1.807, 2.05) is 20.8 Å². The molecule has 0 radical (unpaired) electrons. The molecule has 0 aliphatic heterocycles. The molecule has 6 nitrogen and oxygen atoms in total. The number of rotatable bonds is 7. The van der Waals surface area contributed by atoms with Gasteiger partial charge in [0.05, 0.1) is 5.56 Å². The molecule has 2 aromatic rings. The highest BCUT2D eigenvalue weighted by Gasteiger charge is 2.19. The van der Waals surface area contributed by atoms with Crippen LogP contribution in [0.2, 0.25) is 0 Å². The third-order valence-electron chi connectivity index (χ3n) is 3.82. The van der Waals surface area contributed by atoms with E-state index in [2.05, 4.69) is 5.32 Å². The van der Waals surface area contributed by atoms with Crippen molar-refractivity contribution in [3.05, 3.63) is 65.2 Å². The fourth-order valence-corrected chi connectivity index (χ4v) is 2.45. The number of carboxylic acids is 1. The molecule has 3 N–H and O–H groups in total. The van der Waals surface area contributed by atoms with Gasteiger partial charge in [-0.25, -0.2) is 4.79 Å². The standard InChI is InChI=1S/C21H25NO5/c1-21(2,3)27-20(26)16-8-4-15(5-9-16)13-22-18(19(24)25)12-14-6-10-17(23)11-7-14/h4-11,18,22-23H,12-13H2,1-3H3,(H,24,25). The van der Waals surface area contributed by atoms with E-state index in [0.717, 1.165) is 11.1 Å². The predicted molar refractivity (Wildman–Crippen MR) is 102 cm³/mol. The van der Waals surface area contributed by atoms with Gasteiger partial charge in [0.1, 0.15) is 17.4 Å². The molecule has 1 atom stereocenters. The van der Waals surface area contributed by atoms with Gasteiger partial charge >= 0.3 is 11.9 Å². The number of carbonyl (C=O) groups excluding carboxylic acids is 1. The molecule has 0 fully saturated rings. The summed E-state index contributed by atoms with van der Waals surface area (Å²) in [5, 5.41) is 21.7. The molecule has 0 spiro atoms. The number of benzene rings is 2. The van der Waals surface area contributed by atoms with Crippen molar-refractivity contribution in [3.63, 3.8) is 0 Å². The average Bonchev–Trinajstić information content (AvgIpc) is 2.59. The molecule has 0 aliphatic rings. The third-order valence-corrected chi connectivity index (χ3v) is 3.82. The Hall–Kier alpha value is -2.86. The Kier molecular flexibility index (Phi) is 6.58. The van der Waals surface area contributed by atoms with Crippen LogP contribution in [0, 0.1) is 0 Å². The Morgan fingerprint density at radius 3 is 2.07 bits per heavy atom. The van der Waals surface area contributed by atoms with Crippen LogP contribution in [0.4, 0.5) is 0 Å². The number of nitrogens with one attached hydrogen (secondary N) is 1. The number of phenolic OH excluding ortho intramolecular Hbond substituents is 1. The van der Waals surface area contributed by atoms with Crippen LogP contribution in [0.1, 0.15) is 42.3 Å². The molecule has 144 valence electrons. The van der Waals surface area contributed by atoms with Crippen LogP contribution < -0.4 is 5.32 Å². The van der Waals surface area contributed by atoms with Gasteiger partial charge < -0.3 is 20.3 Å². The Bertz CT molecular complexity index is 776. The number of aliphatic carboxylic acids is 1. The summed E-state index contributed by atoms with van der Waals surface area (Å²) < 4.78 is 5.32. The minimum atomic E-state index is -0.951. The summed E-state index contributed by atoms with van der Waals surface area (Å²) in [6.45, 7) is 5.78. The van der Waals surface area contributed by atoms with Crippen LogP contribution in [0.5, 0.6) is 5.75 Å². The lowest BCUT2D eigenvalue weighted by Crippen LogP contribution is -2.38. The van der Waals surface area contributed by atoms with Crippen molar-refractivity contribution in [1.82, 2.24) is 5.32 Å². The normalized spacial score (nSPS) is 12.4. The molecule has 0 saturated carbocycles. The summed E-state index contributed by atoms with van der Waals surface area (Å²) in [5.41, 5.74) is 1.57. The highest BCUT2D eigenvalue weighted by molar-refractivity contribution is 5.89. The molecule has 0 amide bonds. The highest BCUT2D eigenvalue weighted by Crippen LogP contribution is 2.14. The van der Waals surface area contributed by atoms with Gasteiger partial charge in [-0.05, 0) is 62.6 Å². The molecule has 0 aliphatic carbocycles. The Balaban J connectivity index is 1.95. The Labute approximate surface area is 158 Å². The van der Waals surface area contributed by atoms with Gasteiger partial charge in [-0.1, -0.05) is 24.3 Å². The number of aromatic hydroxyl groups is 1. The molecular weight excluding hydrogens is 346 g/mol. The zero-order valence-corrected chi connectivity index (χ0v) is 15.7. The second-order valence-corrected chi connectivity index (χ2v) is 7.34. The summed E-state index contributed by atoms with van der Waals surface area (Å²) in [6, 6.07) is 12.6. The molecular formula is C21H25NO5. The molecule has 0 heterocycles. The SMILES string of the molecule is CC(C)(C)OC(=O)c1ccc(CNC(Cc2ccc(O)cc2)C(=O)O)cc1. The molecule has 27 heavy (non-hydrogen) atoms. The van der Waals surface area contributed by atoms with Crippen molar-refractivity contribution in [2.24, 2.45) is 0 Å². The third kappa shape index (κ3) is 6.75. The topological polar surface area (TPSA) is 95.9 Å². The molecule has 0 saturated heterocycles. The van der Waals surface area contributed by atoms with Crippen molar-refractivity contribution in [2.75, 3.05) is 0 Å². The summed E-state index contributed by atoms with van der Waals surface area (Å²) in [4.78, 5) is 23.5. The first-order valence-corrected chi connectivity index (χ1v) is 8.70. The van der Waals surface area contributed by atoms with E-state index in [1.165, 1.54) is 12.1 Å². The smallest absolute Gasteiger partial charge is 0.338 e. The quantitative estimate of drug-likeness (QED) is 0.647. The fourth-order valence-electron chi connectivity index (χ4n) is 2.45. The molecule has 6 heteroatoms. The largest absolute Gasteiger partial charge is 0.508 e. The number of esters is 1. The van der Waals surface area contributed by atoms with Crippen molar-refractivity contribution >= 4 is 11.9 Å². The number of hydrogen-bond acceptors (Lipinski definition) is 5. The van der Waals surface area contributed by atoms with E-state index in [9.17, 15) is 19.8 Å². The minimum absolute atomic E-state index is 0.142. The summed E-state index contributed by atoms with van der Waals surface area (Å²) in [6.07, 6.45) is 0.297. The lowest BCUT2D eigenvalue weighted by molar-refractivity contribution is -0.139. The molecule has 2 rings (SSSR count). The number of phenols is 1. The van der Waals surface area contributed by atoms with Gasteiger partial charge in [0.15, 0.2) is 0 Å². The monoisotopic (exact) mass is 371 g/mol. The summed E-state index contributed by atoms with van der Waals surface area (Å²) >= 11 is 0. The van der Waals surface area contributed by atoms with E-state index in [0.29, 0.717) is 18.5 Å². The van der Waals surface area contributed by atoms with Gasteiger partial charge in [-0.3, -0.25) is 4.79 Å². The van der Waals surface area contributed by atoms with E-state index >= 15 is 0 Å².